The molecule has 0 spiro atoms. The number of esters is 3. The molecule has 14 fully saturated rings. The normalized spacial score (nSPS) is 54.4. The first-order valence-corrected chi connectivity index (χ1v) is 32.6. The Morgan fingerprint density at radius 1 is 0.565 bits per heavy atom. The van der Waals surface area contributed by atoms with Crippen LogP contribution < -0.4 is 0 Å². The molecule has 0 aromatic heterocycles. The van der Waals surface area contributed by atoms with Crippen LogP contribution in [0.4, 0.5) is 0 Å². The molecule has 13 heterocycles. The first kappa shape index (κ1) is 70.5. The zero-order chi connectivity index (χ0) is 66.9. The Bertz CT molecular complexity index is 2680. The van der Waals surface area contributed by atoms with E-state index in [1.807, 2.05) is 6.92 Å². The highest BCUT2D eigenvalue weighted by molar-refractivity contribution is 5.75. The summed E-state index contributed by atoms with van der Waals surface area (Å²) in [5.41, 5.74) is -4.10. The minimum atomic E-state index is -2.29. The Balaban J connectivity index is 0.930. The van der Waals surface area contributed by atoms with Crippen LogP contribution in [0.25, 0.3) is 0 Å². The minimum absolute atomic E-state index is 0.0517. The number of rotatable bonds is 4. The summed E-state index contributed by atoms with van der Waals surface area (Å²) in [5, 5.41) is 159. The highest BCUT2D eigenvalue weighted by atomic mass is 16.8. The molecule has 524 valence electrons. The van der Waals surface area contributed by atoms with E-state index >= 15 is 4.79 Å². The quantitative estimate of drug-likeness (QED) is 0.0584. The van der Waals surface area contributed by atoms with Crippen molar-refractivity contribution in [2.75, 3.05) is 33.0 Å². The van der Waals surface area contributed by atoms with Crippen LogP contribution in [-0.2, 0) is 71.2 Å². The fourth-order valence-electron chi connectivity index (χ4n) is 18.8. The zero-order valence-corrected chi connectivity index (χ0v) is 53.3. The van der Waals surface area contributed by atoms with Gasteiger partial charge in [0.2, 0.25) is 6.29 Å². The van der Waals surface area contributed by atoms with Crippen LogP contribution in [-0.4, -0.2) is 275 Å². The second kappa shape index (κ2) is 26.1. The Hall–Kier alpha value is -2.77. The van der Waals surface area contributed by atoms with E-state index in [1.165, 1.54) is 12.5 Å². The molecule has 1 unspecified atom stereocenters. The molecule has 29 nitrogen and oxygen atoms in total. The van der Waals surface area contributed by atoms with Crippen LogP contribution in [0.1, 0.15) is 120 Å². The van der Waals surface area contributed by atoms with Crippen molar-refractivity contribution in [2.45, 2.75) is 273 Å². The van der Waals surface area contributed by atoms with Crippen molar-refractivity contribution < 1.29 is 143 Å². The Morgan fingerprint density at radius 3 is 1.90 bits per heavy atom. The van der Waals surface area contributed by atoms with Gasteiger partial charge in [-0.15, -0.1) is 0 Å². The number of ether oxygens (including phenoxy) is 12. The van der Waals surface area contributed by atoms with Crippen molar-refractivity contribution in [3.05, 3.63) is 11.6 Å². The monoisotopic (exact) mass is 1320 g/mol. The molecule has 29 heteroatoms. The fourth-order valence-corrected chi connectivity index (χ4v) is 18.8. The number of carbonyl (C=O) groups excluding carboxylic acids is 3. The summed E-state index contributed by atoms with van der Waals surface area (Å²) in [6.45, 7) is 12.3. The molecule has 92 heavy (non-hydrogen) atoms. The molecule has 0 aromatic carbocycles. The number of carbonyl (C=O) groups is 3. The van der Waals surface area contributed by atoms with E-state index in [4.69, 9.17) is 56.8 Å². The van der Waals surface area contributed by atoms with Crippen LogP contribution in [0.5, 0.6) is 0 Å². The maximum atomic E-state index is 15.1. The lowest BCUT2D eigenvalue weighted by Crippen LogP contribution is -2.69. The summed E-state index contributed by atoms with van der Waals surface area (Å²) >= 11 is 0. The average Bonchev–Trinajstić information content (AvgIpc) is 0.678. The molecule has 18 rings (SSSR count). The lowest BCUT2D eigenvalue weighted by molar-refractivity contribution is -0.377. The molecule has 14 bridgehead atoms. The largest absolute Gasteiger partial charge is 0.457 e. The van der Waals surface area contributed by atoms with Gasteiger partial charge in [0.05, 0.1) is 75.7 Å². The summed E-state index contributed by atoms with van der Waals surface area (Å²) in [5.74, 6) is -4.46. The second-order valence-corrected chi connectivity index (χ2v) is 30.4. The van der Waals surface area contributed by atoms with Gasteiger partial charge in [-0.3, -0.25) is 14.4 Å². The topological polar surface area (TPSA) is 445 Å². The molecule has 4 saturated carbocycles. The molecule has 18 aliphatic rings. The first-order valence-electron chi connectivity index (χ1n) is 32.6. The van der Waals surface area contributed by atoms with E-state index in [9.17, 15) is 81.1 Å². The van der Waals surface area contributed by atoms with Crippen molar-refractivity contribution in [1.82, 2.24) is 0 Å². The molecule has 34 atom stereocenters. The van der Waals surface area contributed by atoms with E-state index in [-0.39, 0.29) is 35.5 Å². The summed E-state index contributed by atoms with van der Waals surface area (Å²) < 4.78 is 72.0. The van der Waals surface area contributed by atoms with Crippen LogP contribution in [0.15, 0.2) is 11.6 Å². The Kier molecular flexibility index (Phi) is 20.1. The minimum Gasteiger partial charge on any atom is -0.457 e. The summed E-state index contributed by atoms with van der Waals surface area (Å²) in [7, 11) is 0. The zero-order valence-electron chi connectivity index (χ0n) is 53.3. The molecule has 13 aliphatic heterocycles. The smallest absolute Gasteiger partial charge is 0.311 e. The third-order valence-electron chi connectivity index (χ3n) is 23.7. The summed E-state index contributed by atoms with van der Waals surface area (Å²) in [4.78, 5) is 42.5. The van der Waals surface area contributed by atoms with Gasteiger partial charge < -0.3 is 128 Å². The van der Waals surface area contributed by atoms with Crippen molar-refractivity contribution in [1.29, 1.82) is 0 Å². The number of allylic oxidation sites excluding steroid dienone is 2. The van der Waals surface area contributed by atoms with Crippen molar-refractivity contribution in [2.24, 2.45) is 56.7 Å². The van der Waals surface area contributed by atoms with Gasteiger partial charge in [-0.1, -0.05) is 53.2 Å². The second-order valence-electron chi connectivity index (χ2n) is 30.4. The number of aliphatic hydroxyl groups excluding tert-OH is 13. The van der Waals surface area contributed by atoms with E-state index < -0.39 is 244 Å². The standard InChI is InChI=1S/C63H98O29/c1-25-47-48(88-53-44(76)39(71)31(67)21-81-53)46(78)55(84-25)90-49-40(72)32(68)22-82-56(49)92-52(79)28-16-58(2,3)15-27-26(28)11-13-62(7)29(27)9-10-36-60(5)17-30(66)51(61(6,24-65)35(60)12-14-63(36,62)8)91-57-50(43(75)41(73)33(20-64)86-57)89-54-45(77)42(74)34(23-83-54)85-37(69)18-59(4,80)19-38(70)87-47/h9,25-28,30-36,39-51,53-57,64-68,71-78,80H,10-24H2,1-8H3/t25-,26?,27+,28+,30-,31+,32-,33+,34-,35+,36+,39-,40-,41+,42-,43-,44+,45+,46+,47-,48-,49+,50+,51-,53-,54-,55-,56-,57-,59-,60-,61-,62+,63+/m0/s1. The third-order valence-corrected chi connectivity index (χ3v) is 23.7. The van der Waals surface area contributed by atoms with Crippen LogP contribution in [0, 0.1) is 56.7 Å². The predicted octanol–water partition coefficient (Wildman–Crippen LogP) is -2.82. The molecule has 10 saturated heterocycles. The molecular weight excluding hydrogens is 1220 g/mol. The van der Waals surface area contributed by atoms with Crippen LogP contribution in [0.2, 0.25) is 0 Å². The SMILES string of the molecule is C[C@@H]1O[C@H]2O[C@H]3[C@@H](OC[C@H](O)[C@@H]3O)OC(=O)[C@@H]3CC(C)(C)C[C@H]4C5=CC[C@@H]6[C@@]7(C)C[C@H](O)[C@H](O[C@@H]8O[C@H](CO)[C@@H](O)[C@H](O)[C@H]8O[C@@H]8OC[C@H](OC(=O)C[C@](C)(O)CC(=O)O[C@@H]1[C@@H](O[C@@H]1OC[C@@H](O)[C@H](O)[C@H]1O)[C@H]2O)[C@H](O)[C@H]8O)[C@@](C)(CO)[C@@H]7CC[C@@]6(C)[C@]5(C)CCC34. The Morgan fingerprint density at radius 2 is 1.21 bits per heavy atom. The molecule has 0 amide bonds. The molecule has 0 radical (unpaired) electrons. The average molecular weight is 1320 g/mol. The van der Waals surface area contributed by atoms with Crippen molar-refractivity contribution in [3.63, 3.8) is 0 Å². The lowest BCUT2D eigenvalue weighted by atomic mass is 9.34. The first-order chi connectivity index (χ1) is 43.1. The van der Waals surface area contributed by atoms with Crippen molar-refractivity contribution in [3.8, 4) is 0 Å². The maximum Gasteiger partial charge on any atom is 0.311 e. The van der Waals surface area contributed by atoms with Crippen molar-refractivity contribution >= 4 is 17.9 Å². The number of hydrogen-bond donors (Lipinski definition) is 14. The van der Waals surface area contributed by atoms with Crippen LogP contribution in [0.3, 0.4) is 0 Å². The van der Waals surface area contributed by atoms with Gasteiger partial charge in [-0.25, -0.2) is 0 Å². The predicted molar refractivity (Wildman–Crippen MR) is 306 cm³/mol. The summed E-state index contributed by atoms with van der Waals surface area (Å²) in [6.07, 6.45) is -36.6. The van der Waals surface area contributed by atoms with Gasteiger partial charge in [0.25, 0.3) is 0 Å². The highest BCUT2D eigenvalue weighted by Gasteiger charge is 2.71. The third kappa shape index (κ3) is 12.5. The maximum absolute atomic E-state index is 15.1. The number of aliphatic hydroxyl groups is 14. The summed E-state index contributed by atoms with van der Waals surface area (Å²) in [6, 6.07) is 0. The van der Waals surface area contributed by atoms with Gasteiger partial charge in [-0.2, -0.15) is 0 Å². The molecule has 0 aromatic rings. The van der Waals surface area contributed by atoms with E-state index in [2.05, 4.69) is 40.7 Å². The van der Waals surface area contributed by atoms with E-state index in [0.29, 0.717) is 38.5 Å². The lowest BCUT2D eigenvalue weighted by Gasteiger charge is -2.71. The molecule has 5 aliphatic carbocycles. The fraction of sp³-hybridized carbons (Fsp3) is 0.921. The van der Waals surface area contributed by atoms with Gasteiger partial charge in [0, 0.05) is 5.41 Å². The highest BCUT2D eigenvalue weighted by Crippen LogP contribution is 2.75. The Labute approximate surface area is 533 Å². The molecule has 14 N–H and O–H groups in total. The number of hydrogen-bond acceptors (Lipinski definition) is 29. The van der Waals surface area contributed by atoms with Gasteiger partial charge in [0.1, 0.15) is 79.4 Å². The van der Waals surface area contributed by atoms with Gasteiger partial charge in [0.15, 0.2) is 43.5 Å². The van der Waals surface area contributed by atoms with Gasteiger partial charge >= 0.3 is 17.9 Å². The molecular formula is C63H98O29. The van der Waals surface area contributed by atoms with Crippen LogP contribution >= 0.6 is 0 Å². The van der Waals surface area contributed by atoms with E-state index in [1.54, 1.807) is 0 Å². The van der Waals surface area contributed by atoms with E-state index in [0.717, 1.165) is 13.3 Å². The van der Waals surface area contributed by atoms with Gasteiger partial charge in [-0.05, 0) is 111 Å².